The zero-order valence-corrected chi connectivity index (χ0v) is 9.82. The van der Waals surface area contributed by atoms with Crippen molar-refractivity contribution in [2.75, 3.05) is 5.32 Å². The fraction of sp³-hybridized carbons (Fsp3) is 0.500. The molecule has 17 heavy (non-hydrogen) atoms. The standard InChI is InChI=1S/C14H17N3/c15-9-10-2-1-3-11(6-10)17-14-7-12-4-5-13(8-14)16-12/h1-3,6,12-14,16-17H,4-5,7-8H2. The topological polar surface area (TPSA) is 47.9 Å². The zero-order chi connectivity index (χ0) is 11.7. The van der Waals surface area contributed by atoms with E-state index < -0.39 is 0 Å². The number of hydrogen-bond donors (Lipinski definition) is 2. The lowest BCUT2D eigenvalue weighted by atomic mass is 9.99. The van der Waals surface area contributed by atoms with Gasteiger partial charge in [-0.05, 0) is 43.9 Å². The molecule has 2 N–H and O–H groups in total. The highest BCUT2D eigenvalue weighted by Crippen LogP contribution is 2.28. The van der Waals surface area contributed by atoms with Crippen LogP contribution in [0.2, 0.25) is 0 Å². The van der Waals surface area contributed by atoms with Crippen LogP contribution in [0.1, 0.15) is 31.2 Å². The Labute approximate surface area is 102 Å². The summed E-state index contributed by atoms with van der Waals surface area (Å²) in [4.78, 5) is 0. The van der Waals surface area contributed by atoms with Gasteiger partial charge in [-0.1, -0.05) is 6.07 Å². The maximum absolute atomic E-state index is 8.87. The first-order valence-corrected chi connectivity index (χ1v) is 6.36. The van der Waals surface area contributed by atoms with Crippen LogP contribution in [0.15, 0.2) is 24.3 Å². The monoisotopic (exact) mass is 227 g/mol. The second kappa shape index (κ2) is 4.38. The number of fused-ring (bicyclic) bond motifs is 2. The van der Waals surface area contributed by atoms with Crippen LogP contribution in [0.25, 0.3) is 0 Å². The average molecular weight is 227 g/mol. The fourth-order valence-electron chi connectivity index (χ4n) is 3.09. The molecular weight excluding hydrogens is 210 g/mol. The van der Waals surface area contributed by atoms with Gasteiger partial charge >= 0.3 is 0 Å². The van der Waals surface area contributed by atoms with Crippen molar-refractivity contribution in [3.8, 4) is 6.07 Å². The molecule has 0 saturated carbocycles. The first kappa shape index (κ1) is 10.6. The lowest BCUT2D eigenvalue weighted by molar-refractivity contribution is 0.378. The summed E-state index contributed by atoms with van der Waals surface area (Å²) >= 11 is 0. The first-order chi connectivity index (χ1) is 8.33. The zero-order valence-electron chi connectivity index (χ0n) is 9.82. The van der Waals surface area contributed by atoms with Crippen molar-refractivity contribution in [3.63, 3.8) is 0 Å². The Hall–Kier alpha value is -1.53. The molecule has 2 aliphatic rings. The van der Waals surface area contributed by atoms with E-state index in [1.165, 1.54) is 25.7 Å². The minimum atomic E-state index is 0.558. The summed E-state index contributed by atoms with van der Waals surface area (Å²) in [5.41, 5.74) is 1.81. The molecule has 3 heteroatoms. The quantitative estimate of drug-likeness (QED) is 0.814. The highest BCUT2D eigenvalue weighted by molar-refractivity contribution is 5.49. The molecule has 0 spiro atoms. The molecule has 0 aromatic heterocycles. The van der Waals surface area contributed by atoms with E-state index in [2.05, 4.69) is 16.7 Å². The Morgan fingerprint density at radius 2 is 2.00 bits per heavy atom. The van der Waals surface area contributed by atoms with E-state index in [-0.39, 0.29) is 0 Å². The molecule has 2 saturated heterocycles. The largest absolute Gasteiger partial charge is 0.382 e. The van der Waals surface area contributed by atoms with Crippen LogP contribution in [0.4, 0.5) is 5.69 Å². The van der Waals surface area contributed by atoms with E-state index in [1.54, 1.807) is 0 Å². The van der Waals surface area contributed by atoms with Crippen LogP contribution in [-0.2, 0) is 0 Å². The summed E-state index contributed by atoms with van der Waals surface area (Å²) in [5, 5.41) is 16.1. The molecule has 1 aromatic carbocycles. The van der Waals surface area contributed by atoms with Crippen molar-refractivity contribution in [2.45, 2.75) is 43.8 Å². The third-order valence-corrected chi connectivity index (χ3v) is 3.84. The third-order valence-electron chi connectivity index (χ3n) is 3.84. The predicted molar refractivity (Wildman–Crippen MR) is 67.7 cm³/mol. The van der Waals surface area contributed by atoms with Gasteiger partial charge in [-0.3, -0.25) is 0 Å². The summed E-state index contributed by atoms with van der Waals surface area (Å²) < 4.78 is 0. The van der Waals surface area contributed by atoms with Crippen LogP contribution in [0.5, 0.6) is 0 Å². The molecule has 2 bridgehead atoms. The SMILES string of the molecule is N#Cc1cccc(NC2CC3CCC(C2)N3)c1. The molecule has 2 unspecified atom stereocenters. The molecule has 0 amide bonds. The Bertz CT molecular complexity index is 437. The molecule has 3 nitrogen and oxygen atoms in total. The maximum atomic E-state index is 8.87. The molecule has 2 fully saturated rings. The van der Waals surface area contributed by atoms with E-state index in [9.17, 15) is 0 Å². The average Bonchev–Trinajstić information content (AvgIpc) is 2.69. The Morgan fingerprint density at radius 3 is 2.71 bits per heavy atom. The van der Waals surface area contributed by atoms with E-state index in [4.69, 9.17) is 5.26 Å². The lowest BCUT2D eigenvalue weighted by Crippen LogP contribution is -2.43. The molecule has 2 atom stereocenters. The van der Waals surface area contributed by atoms with Crippen molar-refractivity contribution in [1.82, 2.24) is 5.32 Å². The van der Waals surface area contributed by atoms with Gasteiger partial charge in [0.2, 0.25) is 0 Å². The van der Waals surface area contributed by atoms with Crippen molar-refractivity contribution in [1.29, 1.82) is 5.26 Å². The normalized spacial score (nSPS) is 30.9. The van der Waals surface area contributed by atoms with Crippen LogP contribution in [0.3, 0.4) is 0 Å². The number of anilines is 1. The smallest absolute Gasteiger partial charge is 0.0992 e. The molecule has 2 heterocycles. The molecule has 0 radical (unpaired) electrons. The third kappa shape index (κ3) is 2.27. The highest BCUT2D eigenvalue weighted by atomic mass is 15.0. The number of nitriles is 1. The molecule has 0 aliphatic carbocycles. The summed E-state index contributed by atoms with van der Waals surface area (Å²) in [7, 11) is 0. The van der Waals surface area contributed by atoms with E-state index in [0.29, 0.717) is 18.1 Å². The minimum absolute atomic E-state index is 0.558. The van der Waals surface area contributed by atoms with Gasteiger partial charge in [-0.15, -0.1) is 0 Å². The van der Waals surface area contributed by atoms with Gasteiger partial charge in [-0.25, -0.2) is 0 Å². The second-order valence-corrected chi connectivity index (χ2v) is 5.14. The molecule has 1 aromatic rings. The van der Waals surface area contributed by atoms with Gasteiger partial charge in [0.05, 0.1) is 11.6 Å². The number of nitrogens with zero attached hydrogens (tertiary/aromatic N) is 1. The predicted octanol–water partition coefficient (Wildman–Crippen LogP) is 2.25. The number of nitrogens with one attached hydrogen (secondary N) is 2. The van der Waals surface area contributed by atoms with Crippen molar-refractivity contribution >= 4 is 5.69 Å². The highest BCUT2D eigenvalue weighted by Gasteiger charge is 2.33. The van der Waals surface area contributed by atoms with Crippen LogP contribution in [-0.4, -0.2) is 18.1 Å². The van der Waals surface area contributed by atoms with Gasteiger partial charge in [0, 0.05) is 23.8 Å². The molecule has 88 valence electrons. The van der Waals surface area contributed by atoms with Crippen LogP contribution in [0, 0.1) is 11.3 Å². The summed E-state index contributed by atoms with van der Waals surface area (Å²) in [6.07, 6.45) is 5.04. The Morgan fingerprint density at radius 1 is 1.24 bits per heavy atom. The van der Waals surface area contributed by atoms with Gasteiger partial charge in [0.25, 0.3) is 0 Å². The minimum Gasteiger partial charge on any atom is -0.382 e. The fourth-order valence-corrected chi connectivity index (χ4v) is 3.09. The maximum Gasteiger partial charge on any atom is 0.0992 e. The Balaban J connectivity index is 1.68. The second-order valence-electron chi connectivity index (χ2n) is 5.14. The number of benzene rings is 1. The molecule has 3 rings (SSSR count). The van der Waals surface area contributed by atoms with Crippen molar-refractivity contribution < 1.29 is 0 Å². The van der Waals surface area contributed by atoms with E-state index in [0.717, 1.165) is 11.3 Å². The number of rotatable bonds is 2. The van der Waals surface area contributed by atoms with Gasteiger partial charge in [-0.2, -0.15) is 5.26 Å². The first-order valence-electron chi connectivity index (χ1n) is 6.36. The van der Waals surface area contributed by atoms with Crippen LogP contribution < -0.4 is 10.6 Å². The van der Waals surface area contributed by atoms with Crippen molar-refractivity contribution in [2.24, 2.45) is 0 Å². The van der Waals surface area contributed by atoms with E-state index >= 15 is 0 Å². The van der Waals surface area contributed by atoms with Gasteiger partial charge < -0.3 is 10.6 Å². The van der Waals surface area contributed by atoms with Crippen LogP contribution >= 0.6 is 0 Å². The Kier molecular flexibility index (Phi) is 2.74. The molecular formula is C14H17N3. The number of hydrogen-bond acceptors (Lipinski definition) is 3. The van der Waals surface area contributed by atoms with Gasteiger partial charge in [0.1, 0.15) is 0 Å². The summed E-state index contributed by atoms with van der Waals surface area (Å²) in [6, 6.07) is 11.9. The number of piperidine rings is 1. The van der Waals surface area contributed by atoms with Crippen molar-refractivity contribution in [3.05, 3.63) is 29.8 Å². The summed E-state index contributed by atoms with van der Waals surface area (Å²) in [5.74, 6) is 0. The van der Waals surface area contributed by atoms with Gasteiger partial charge in [0.15, 0.2) is 0 Å². The van der Waals surface area contributed by atoms with E-state index in [1.807, 2.05) is 24.3 Å². The molecule has 2 aliphatic heterocycles. The lowest BCUT2D eigenvalue weighted by Gasteiger charge is -2.30. The summed E-state index contributed by atoms with van der Waals surface area (Å²) in [6.45, 7) is 0.